The Labute approximate surface area is 194 Å². The van der Waals surface area contributed by atoms with Gasteiger partial charge < -0.3 is 20.5 Å². The maximum Gasteiger partial charge on any atom is 0.244 e. The first kappa shape index (κ1) is 21.6. The maximum atomic E-state index is 11.7. The molecular formula is C24H32N8O. The Hall–Kier alpha value is -3.20. The van der Waals surface area contributed by atoms with Gasteiger partial charge in [0.2, 0.25) is 11.9 Å². The average Bonchev–Trinajstić information content (AvgIpc) is 3.72. The van der Waals surface area contributed by atoms with Gasteiger partial charge in [0.05, 0.1) is 18.8 Å². The van der Waals surface area contributed by atoms with Crippen LogP contribution in [0.3, 0.4) is 0 Å². The highest BCUT2D eigenvalue weighted by atomic mass is 16.2. The quantitative estimate of drug-likeness (QED) is 0.621. The van der Waals surface area contributed by atoms with E-state index in [1.807, 2.05) is 25.1 Å². The lowest BCUT2D eigenvalue weighted by atomic mass is 10.2. The van der Waals surface area contributed by atoms with Crippen LogP contribution < -0.4 is 21.0 Å². The highest BCUT2D eigenvalue weighted by Crippen LogP contribution is 2.38. The molecule has 0 spiro atoms. The number of fused-ring (bicyclic) bond motifs is 1. The van der Waals surface area contributed by atoms with Crippen molar-refractivity contribution >= 4 is 23.4 Å². The summed E-state index contributed by atoms with van der Waals surface area (Å²) in [6, 6.07) is 4.33. The molecule has 0 bridgehead atoms. The summed E-state index contributed by atoms with van der Waals surface area (Å²) in [7, 11) is 1.86. The summed E-state index contributed by atoms with van der Waals surface area (Å²) in [5, 5.41) is 8.26. The molecule has 2 aliphatic heterocycles. The first-order valence-electron chi connectivity index (χ1n) is 11.8. The normalized spacial score (nSPS) is 18.7. The molecule has 9 nitrogen and oxygen atoms in total. The number of likely N-dealkylation sites (N-methyl/N-ethyl adjacent to an activating group) is 1. The number of nitrogens with one attached hydrogen (secondary N) is 3. The summed E-state index contributed by atoms with van der Waals surface area (Å²) in [6.45, 7) is 4.38. The Morgan fingerprint density at radius 1 is 1.18 bits per heavy atom. The maximum absolute atomic E-state index is 11.7. The predicted molar refractivity (Wildman–Crippen MR) is 129 cm³/mol. The number of amides is 1. The van der Waals surface area contributed by atoms with Crippen molar-refractivity contribution in [3.8, 4) is 0 Å². The number of hydrogen-bond acceptors (Lipinski definition) is 8. The third-order valence-electron chi connectivity index (χ3n) is 5.95. The van der Waals surface area contributed by atoms with Crippen molar-refractivity contribution in [2.45, 2.75) is 51.5 Å². The molecule has 1 amide bonds. The van der Waals surface area contributed by atoms with Crippen LogP contribution in [-0.2, 0) is 11.3 Å². The number of carbonyl (C=O) groups is 1. The van der Waals surface area contributed by atoms with Crippen molar-refractivity contribution in [3.63, 3.8) is 0 Å². The molecule has 0 saturated heterocycles. The zero-order valence-electron chi connectivity index (χ0n) is 19.4. The van der Waals surface area contributed by atoms with E-state index in [1.165, 1.54) is 48.9 Å². The van der Waals surface area contributed by atoms with Crippen molar-refractivity contribution in [2.24, 2.45) is 0 Å². The number of rotatable bonds is 6. The van der Waals surface area contributed by atoms with Crippen LogP contribution in [0.5, 0.6) is 0 Å². The molecule has 33 heavy (non-hydrogen) atoms. The fourth-order valence-corrected chi connectivity index (χ4v) is 3.79. The number of aromatic nitrogens is 3. The van der Waals surface area contributed by atoms with Crippen molar-refractivity contribution < 1.29 is 4.79 Å². The Balaban J connectivity index is 0.000000705. The third-order valence-corrected chi connectivity index (χ3v) is 5.95. The predicted octanol–water partition coefficient (Wildman–Crippen LogP) is 2.93. The van der Waals surface area contributed by atoms with Gasteiger partial charge in [-0.1, -0.05) is 25.3 Å². The number of anilines is 3. The van der Waals surface area contributed by atoms with Gasteiger partial charge in [-0.15, -0.1) is 0 Å². The summed E-state index contributed by atoms with van der Waals surface area (Å²) in [5.41, 5.74) is 8.47. The van der Waals surface area contributed by atoms with Gasteiger partial charge in [0.25, 0.3) is 0 Å². The van der Waals surface area contributed by atoms with Crippen LogP contribution in [0.1, 0.15) is 55.0 Å². The molecule has 0 radical (unpaired) electrons. The molecule has 2 aliphatic carbocycles. The van der Waals surface area contributed by atoms with Crippen molar-refractivity contribution in [3.05, 3.63) is 47.1 Å². The van der Waals surface area contributed by atoms with Crippen LogP contribution in [0.25, 0.3) is 0 Å². The Morgan fingerprint density at radius 3 is 2.70 bits per heavy atom. The van der Waals surface area contributed by atoms with Crippen molar-refractivity contribution in [1.82, 2.24) is 25.4 Å². The van der Waals surface area contributed by atoms with Crippen LogP contribution in [0.15, 0.2) is 30.1 Å². The standard InChI is InChI=1S/C21H26N8O.C3H6/c1-13-19-20(28(2)12-18(30)26-19)27-21(25-13)23-8-15-9-24-29(11-15)10-14-3-6-17(22-7-14)16-4-5-16;1-2-3-1/h3,6-7,11,16,24H,4-5,8-10,12H2,1-2H3,(H,26,30)(H,23,25,27);1-3H2. The summed E-state index contributed by atoms with van der Waals surface area (Å²) < 4.78 is 0. The minimum atomic E-state index is -0.0444. The van der Waals surface area contributed by atoms with E-state index in [2.05, 4.69) is 54.4 Å². The van der Waals surface area contributed by atoms with E-state index in [0.29, 0.717) is 30.6 Å². The SMILES string of the molecule is C1CC1.Cc1nc(NCC2=CN(Cc3ccc(C4CC4)nc3)NC2)nc2c1NC(=O)CN2C. The lowest BCUT2D eigenvalue weighted by Crippen LogP contribution is -2.36. The second-order valence-electron chi connectivity index (χ2n) is 9.27. The second-order valence-corrected chi connectivity index (χ2v) is 9.27. The zero-order valence-corrected chi connectivity index (χ0v) is 19.4. The van der Waals surface area contributed by atoms with E-state index >= 15 is 0 Å². The Kier molecular flexibility index (Phi) is 6.13. The van der Waals surface area contributed by atoms with Gasteiger partial charge in [-0.25, -0.2) is 10.4 Å². The van der Waals surface area contributed by atoms with Crippen molar-refractivity contribution in [2.75, 3.05) is 42.2 Å². The van der Waals surface area contributed by atoms with Gasteiger partial charge in [0, 0.05) is 44.1 Å². The van der Waals surface area contributed by atoms with E-state index in [4.69, 9.17) is 0 Å². The third kappa shape index (κ3) is 5.60. The molecule has 2 saturated carbocycles. The number of carbonyl (C=O) groups excluding carboxylic acids is 1. The topological polar surface area (TPSA) is 98.3 Å². The van der Waals surface area contributed by atoms with E-state index < -0.39 is 0 Å². The van der Waals surface area contributed by atoms with Crippen LogP contribution in [0.2, 0.25) is 0 Å². The van der Waals surface area contributed by atoms with Crippen LogP contribution in [-0.4, -0.2) is 52.5 Å². The first-order valence-corrected chi connectivity index (χ1v) is 11.8. The largest absolute Gasteiger partial charge is 0.350 e. The monoisotopic (exact) mass is 448 g/mol. The number of hydrogen-bond donors (Lipinski definition) is 3. The molecule has 9 heteroatoms. The van der Waals surface area contributed by atoms with E-state index in [9.17, 15) is 4.79 Å². The van der Waals surface area contributed by atoms with Gasteiger partial charge in [-0.2, -0.15) is 4.98 Å². The Bertz CT molecular complexity index is 1040. The van der Waals surface area contributed by atoms with E-state index in [1.54, 1.807) is 0 Å². The fraction of sp³-hybridized carbons (Fsp3) is 0.500. The van der Waals surface area contributed by atoms with E-state index in [0.717, 1.165) is 24.6 Å². The number of hydrazine groups is 1. The minimum absolute atomic E-state index is 0.0444. The lowest BCUT2D eigenvalue weighted by molar-refractivity contribution is -0.115. The molecule has 2 aromatic heterocycles. The molecule has 4 aliphatic rings. The smallest absolute Gasteiger partial charge is 0.244 e. The summed E-state index contributed by atoms with van der Waals surface area (Å²) in [5.74, 6) is 1.95. The molecule has 2 fully saturated rings. The number of nitrogens with zero attached hydrogens (tertiary/aromatic N) is 5. The Morgan fingerprint density at radius 2 is 2.00 bits per heavy atom. The number of aryl methyl sites for hydroxylation is 1. The molecule has 0 unspecified atom stereocenters. The fourth-order valence-electron chi connectivity index (χ4n) is 3.79. The molecule has 0 aromatic carbocycles. The van der Waals surface area contributed by atoms with Gasteiger partial charge in [-0.3, -0.25) is 9.78 Å². The van der Waals surface area contributed by atoms with Crippen molar-refractivity contribution in [1.29, 1.82) is 0 Å². The van der Waals surface area contributed by atoms with Crippen LogP contribution >= 0.6 is 0 Å². The number of pyridine rings is 1. The highest BCUT2D eigenvalue weighted by molar-refractivity contribution is 6.00. The molecule has 174 valence electrons. The molecular weight excluding hydrogens is 416 g/mol. The van der Waals surface area contributed by atoms with Gasteiger partial charge >= 0.3 is 0 Å². The minimum Gasteiger partial charge on any atom is -0.350 e. The van der Waals surface area contributed by atoms with Gasteiger partial charge in [0.1, 0.15) is 5.69 Å². The molecule has 2 aromatic rings. The summed E-state index contributed by atoms with van der Waals surface area (Å²) in [4.78, 5) is 27.3. The van der Waals surface area contributed by atoms with Crippen LogP contribution in [0, 0.1) is 6.92 Å². The molecule has 3 N–H and O–H groups in total. The lowest BCUT2D eigenvalue weighted by Gasteiger charge is -2.27. The molecule has 0 atom stereocenters. The summed E-state index contributed by atoms with van der Waals surface area (Å²) in [6.07, 6.45) is 11.2. The highest BCUT2D eigenvalue weighted by Gasteiger charge is 2.25. The first-order chi connectivity index (χ1) is 16.0. The molecule has 4 heterocycles. The van der Waals surface area contributed by atoms with Gasteiger partial charge in [-0.05, 0) is 37.0 Å². The average molecular weight is 449 g/mol. The zero-order chi connectivity index (χ0) is 22.8. The van der Waals surface area contributed by atoms with E-state index in [-0.39, 0.29) is 5.91 Å². The van der Waals surface area contributed by atoms with Crippen LogP contribution in [0.4, 0.5) is 17.5 Å². The molecule has 6 rings (SSSR count). The second kappa shape index (κ2) is 9.35. The van der Waals surface area contributed by atoms with Gasteiger partial charge in [0.15, 0.2) is 5.82 Å². The summed E-state index contributed by atoms with van der Waals surface area (Å²) >= 11 is 0.